The van der Waals surface area contributed by atoms with Gasteiger partial charge in [-0.25, -0.2) is 9.78 Å². The maximum absolute atomic E-state index is 11.8. The van der Waals surface area contributed by atoms with Gasteiger partial charge in [0.15, 0.2) is 0 Å². The summed E-state index contributed by atoms with van der Waals surface area (Å²) < 4.78 is 36.4. The molecule has 3 amide bonds. The van der Waals surface area contributed by atoms with Gasteiger partial charge >= 0.3 is 12.2 Å². The monoisotopic (exact) mass is 356 g/mol. The predicted molar refractivity (Wildman–Crippen MR) is 63.8 cm³/mol. The first-order valence-corrected chi connectivity index (χ1v) is 5.83. The minimum absolute atomic E-state index is 0.106. The van der Waals surface area contributed by atoms with Gasteiger partial charge in [-0.3, -0.25) is 19.5 Å². The molecule has 20 heavy (non-hydrogen) atoms. The maximum Gasteiger partial charge on any atom is 0.405 e. The Labute approximate surface area is 118 Å². The van der Waals surface area contributed by atoms with E-state index in [4.69, 9.17) is 0 Å². The van der Waals surface area contributed by atoms with Crippen LogP contribution in [0.25, 0.3) is 0 Å². The van der Waals surface area contributed by atoms with Gasteiger partial charge in [0.05, 0.1) is 6.33 Å². The quantitative estimate of drug-likeness (QED) is 0.819. The number of nitrogens with zero attached hydrogens (tertiary/aromatic N) is 2. The van der Waals surface area contributed by atoms with Crippen molar-refractivity contribution in [1.29, 1.82) is 0 Å². The van der Waals surface area contributed by atoms with Crippen LogP contribution in [-0.4, -0.2) is 34.2 Å². The van der Waals surface area contributed by atoms with Gasteiger partial charge in [-0.05, 0) is 15.9 Å². The number of aromatic nitrogens is 2. The average molecular weight is 357 g/mol. The number of halogens is 4. The van der Waals surface area contributed by atoms with Gasteiger partial charge < -0.3 is 5.32 Å². The lowest BCUT2D eigenvalue weighted by atomic mass is 10.5. The van der Waals surface area contributed by atoms with Crippen LogP contribution in [0.1, 0.15) is 0 Å². The smallest absolute Gasteiger partial charge is 0.329 e. The molecular weight excluding hydrogens is 349 g/mol. The maximum atomic E-state index is 11.8. The molecule has 1 heterocycles. The standard InChI is InChI=1S/C9H8BrF3N4O3/c10-5-1-14-4-17(7(5)19)2-6(18)16-8(20)15-3-9(11,12)13/h1,4H,2-3H2,(H2,15,16,18,20). The second kappa shape index (κ2) is 6.50. The molecule has 11 heteroatoms. The van der Waals surface area contributed by atoms with Crippen LogP contribution in [0.5, 0.6) is 0 Å². The molecule has 110 valence electrons. The molecular formula is C9H8BrF3N4O3. The van der Waals surface area contributed by atoms with E-state index < -0.39 is 36.8 Å². The minimum Gasteiger partial charge on any atom is -0.329 e. The molecule has 0 bridgehead atoms. The van der Waals surface area contributed by atoms with Crippen molar-refractivity contribution in [2.75, 3.05) is 6.54 Å². The Bertz CT molecular complexity index is 572. The van der Waals surface area contributed by atoms with Crippen LogP contribution in [-0.2, 0) is 11.3 Å². The molecule has 0 fully saturated rings. The van der Waals surface area contributed by atoms with Gasteiger partial charge in [-0.15, -0.1) is 0 Å². The van der Waals surface area contributed by atoms with Crippen molar-refractivity contribution in [3.05, 3.63) is 27.4 Å². The van der Waals surface area contributed by atoms with E-state index >= 15 is 0 Å². The largest absolute Gasteiger partial charge is 0.405 e. The van der Waals surface area contributed by atoms with Gasteiger partial charge in [0, 0.05) is 6.20 Å². The molecule has 0 aliphatic carbocycles. The van der Waals surface area contributed by atoms with Crippen LogP contribution in [0.2, 0.25) is 0 Å². The fraction of sp³-hybridized carbons (Fsp3) is 0.333. The van der Waals surface area contributed by atoms with E-state index in [1.807, 2.05) is 0 Å². The normalized spacial score (nSPS) is 11.0. The second-order valence-electron chi connectivity index (χ2n) is 3.52. The number of carbonyl (C=O) groups excluding carboxylic acids is 2. The SMILES string of the molecule is O=C(Cn1cncc(Br)c1=O)NC(=O)NCC(F)(F)F. The Morgan fingerprint density at radius 3 is 2.65 bits per heavy atom. The summed E-state index contributed by atoms with van der Waals surface area (Å²) in [6.07, 6.45) is -2.31. The molecule has 0 aromatic carbocycles. The van der Waals surface area contributed by atoms with Crippen LogP contribution < -0.4 is 16.2 Å². The first kappa shape index (κ1) is 16.1. The van der Waals surface area contributed by atoms with E-state index in [1.54, 1.807) is 5.32 Å². The number of alkyl halides is 3. The zero-order valence-corrected chi connectivity index (χ0v) is 11.3. The Hall–Kier alpha value is -1.91. The minimum atomic E-state index is -4.58. The molecule has 2 N–H and O–H groups in total. The third-order valence-electron chi connectivity index (χ3n) is 1.88. The Morgan fingerprint density at radius 1 is 1.40 bits per heavy atom. The molecule has 1 rings (SSSR count). The van der Waals surface area contributed by atoms with E-state index in [-0.39, 0.29) is 4.47 Å². The number of hydrogen-bond acceptors (Lipinski definition) is 4. The summed E-state index contributed by atoms with van der Waals surface area (Å²) in [5.74, 6) is -0.952. The molecule has 0 aliphatic rings. The molecule has 0 spiro atoms. The van der Waals surface area contributed by atoms with Gasteiger partial charge in [0.25, 0.3) is 5.56 Å². The highest BCUT2D eigenvalue weighted by Crippen LogP contribution is 2.11. The summed E-state index contributed by atoms with van der Waals surface area (Å²) in [6.45, 7) is -2.12. The summed E-state index contributed by atoms with van der Waals surface area (Å²) in [5.41, 5.74) is -0.564. The average Bonchev–Trinajstić information content (AvgIpc) is 2.31. The third-order valence-corrected chi connectivity index (χ3v) is 2.42. The number of hydrogen-bond donors (Lipinski definition) is 2. The van der Waals surface area contributed by atoms with Crippen molar-refractivity contribution in [3.8, 4) is 0 Å². The van der Waals surface area contributed by atoms with Gasteiger partial charge in [-0.1, -0.05) is 0 Å². The summed E-state index contributed by atoms with van der Waals surface area (Å²) in [6, 6.07) is -1.30. The molecule has 0 aliphatic heterocycles. The van der Waals surface area contributed by atoms with Crippen LogP contribution in [0.15, 0.2) is 21.8 Å². The predicted octanol–water partition coefficient (Wildman–Crippen LogP) is 0.394. The molecule has 0 unspecified atom stereocenters. The lowest BCUT2D eigenvalue weighted by Crippen LogP contribution is -2.45. The number of rotatable bonds is 3. The van der Waals surface area contributed by atoms with Crippen LogP contribution in [0.3, 0.4) is 0 Å². The summed E-state index contributed by atoms with van der Waals surface area (Å²) in [4.78, 5) is 37.5. The van der Waals surface area contributed by atoms with Crippen molar-refractivity contribution in [1.82, 2.24) is 20.2 Å². The van der Waals surface area contributed by atoms with E-state index in [9.17, 15) is 27.6 Å². The highest BCUT2D eigenvalue weighted by Gasteiger charge is 2.27. The molecule has 0 saturated heterocycles. The molecule has 1 aromatic rings. The van der Waals surface area contributed by atoms with Crippen molar-refractivity contribution in [2.24, 2.45) is 0 Å². The van der Waals surface area contributed by atoms with Crippen molar-refractivity contribution >= 4 is 27.9 Å². The first-order chi connectivity index (χ1) is 9.19. The molecule has 0 atom stereocenters. The lowest BCUT2D eigenvalue weighted by molar-refractivity contribution is -0.124. The number of carbonyl (C=O) groups is 2. The van der Waals surface area contributed by atoms with Gasteiger partial charge in [0.2, 0.25) is 5.91 Å². The fourth-order valence-corrected chi connectivity index (χ4v) is 1.43. The summed E-state index contributed by atoms with van der Waals surface area (Å²) in [5, 5.41) is 3.11. The Balaban J connectivity index is 2.54. The number of nitrogens with one attached hydrogen (secondary N) is 2. The molecule has 1 aromatic heterocycles. The second-order valence-corrected chi connectivity index (χ2v) is 4.38. The zero-order valence-electron chi connectivity index (χ0n) is 9.70. The van der Waals surface area contributed by atoms with Crippen molar-refractivity contribution in [2.45, 2.75) is 12.7 Å². The Morgan fingerprint density at radius 2 is 2.05 bits per heavy atom. The Kier molecular flexibility index (Phi) is 5.25. The number of imide groups is 1. The highest BCUT2D eigenvalue weighted by atomic mass is 79.9. The van der Waals surface area contributed by atoms with Crippen LogP contribution in [0.4, 0.5) is 18.0 Å². The van der Waals surface area contributed by atoms with Crippen LogP contribution >= 0.6 is 15.9 Å². The number of amides is 3. The van der Waals surface area contributed by atoms with Gasteiger partial charge in [0.1, 0.15) is 17.6 Å². The van der Waals surface area contributed by atoms with E-state index in [2.05, 4.69) is 20.9 Å². The van der Waals surface area contributed by atoms with Crippen molar-refractivity contribution < 1.29 is 22.8 Å². The van der Waals surface area contributed by atoms with Crippen LogP contribution in [0, 0.1) is 0 Å². The highest BCUT2D eigenvalue weighted by molar-refractivity contribution is 9.10. The molecule has 7 nitrogen and oxygen atoms in total. The molecule has 0 saturated carbocycles. The zero-order chi connectivity index (χ0) is 15.3. The van der Waals surface area contributed by atoms with E-state index in [0.717, 1.165) is 10.9 Å². The number of urea groups is 1. The molecule has 0 radical (unpaired) electrons. The summed E-state index contributed by atoms with van der Waals surface area (Å²) >= 11 is 2.90. The third kappa shape index (κ3) is 5.38. The topological polar surface area (TPSA) is 93.1 Å². The van der Waals surface area contributed by atoms with Gasteiger partial charge in [-0.2, -0.15) is 13.2 Å². The van der Waals surface area contributed by atoms with Crippen molar-refractivity contribution in [3.63, 3.8) is 0 Å². The summed E-state index contributed by atoms with van der Waals surface area (Å²) in [7, 11) is 0. The van der Waals surface area contributed by atoms with E-state index in [0.29, 0.717) is 0 Å². The first-order valence-electron chi connectivity index (χ1n) is 5.03. The lowest BCUT2D eigenvalue weighted by Gasteiger charge is -2.09. The van der Waals surface area contributed by atoms with E-state index in [1.165, 1.54) is 11.5 Å². The fourth-order valence-electron chi connectivity index (χ4n) is 1.08.